The maximum atomic E-state index is 13.3. The van der Waals surface area contributed by atoms with E-state index in [9.17, 15) is 19.2 Å². The van der Waals surface area contributed by atoms with Gasteiger partial charge in [0.1, 0.15) is 33.4 Å². The molecule has 0 fully saturated rings. The van der Waals surface area contributed by atoms with Gasteiger partial charge in [-0.15, -0.1) is 23.1 Å². The molecule has 2 N–H and O–H groups in total. The molecule has 1 aromatic heterocycles. The molecule has 4 bridgehead atoms. The van der Waals surface area contributed by atoms with Crippen LogP contribution in [0.1, 0.15) is 96.2 Å². The molecule has 42 heavy (non-hydrogen) atoms. The smallest absolute Gasteiger partial charge is 0.329 e. The first kappa shape index (κ1) is 34.3. The average molecular weight is 637 g/mol. The van der Waals surface area contributed by atoms with E-state index in [4.69, 9.17) is 4.74 Å². The molecule has 0 spiro atoms. The normalized spacial score (nSPS) is 23.5. The predicted octanol–water partition coefficient (Wildman–Crippen LogP) is 5.42. The van der Waals surface area contributed by atoms with Crippen LogP contribution in [0, 0.1) is 5.92 Å². The second-order valence-corrected chi connectivity index (χ2v) is 14.3. The highest BCUT2D eigenvalue weighted by Gasteiger charge is 2.41. The van der Waals surface area contributed by atoms with Crippen LogP contribution in [0.5, 0.6) is 0 Å². The number of aromatic nitrogens is 1. The molecule has 232 valence electrons. The summed E-state index contributed by atoms with van der Waals surface area (Å²) >= 11 is 4.24. The van der Waals surface area contributed by atoms with Crippen LogP contribution >= 0.6 is 34.9 Å². The van der Waals surface area contributed by atoms with Gasteiger partial charge in [-0.05, 0) is 38.2 Å². The van der Waals surface area contributed by atoms with Crippen molar-refractivity contribution in [2.75, 3.05) is 11.5 Å². The van der Waals surface area contributed by atoms with Crippen LogP contribution in [0.4, 0.5) is 0 Å². The van der Waals surface area contributed by atoms with E-state index in [0.717, 1.165) is 30.0 Å². The molecule has 2 aliphatic rings. The number of thioether (sulfide) groups is 2. The number of ether oxygens (including phenoxy) is 1. The number of nitrogens with one attached hydrogen (secondary N) is 2. The highest BCUT2D eigenvalue weighted by molar-refractivity contribution is 8.14. The average Bonchev–Trinajstić information content (AvgIpc) is 3.59. The molecule has 3 heterocycles. The minimum absolute atomic E-state index is 0.0508. The fourth-order valence-corrected chi connectivity index (χ4v) is 7.16. The van der Waals surface area contributed by atoms with Gasteiger partial charge in [-0.3, -0.25) is 19.4 Å². The molecular formula is C30H44N4O5S3. The van der Waals surface area contributed by atoms with Gasteiger partial charge in [-0.1, -0.05) is 64.3 Å². The second kappa shape index (κ2) is 17.2. The molecule has 0 aromatic carbocycles. The van der Waals surface area contributed by atoms with Crippen LogP contribution in [0.25, 0.3) is 0 Å². The van der Waals surface area contributed by atoms with E-state index in [-0.39, 0.29) is 35.8 Å². The van der Waals surface area contributed by atoms with Crippen molar-refractivity contribution in [2.45, 2.75) is 110 Å². The Hall–Kier alpha value is -2.18. The summed E-state index contributed by atoms with van der Waals surface area (Å²) in [6.45, 7) is 7.86. The number of nitrogens with zero attached hydrogens (tertiary/aromatic N) is 2. The first-order valence-corrected chi connectivity index (χ1v) is 17.7. The Morgan fingerprint density at radius 3 is 2.76 bits per heavy atom. The monoisotopic (exact) mass is 636 g/mol. The zero-order valence-corrected chi connectivity index (χ0v) is 27.6. The molecule has 3 atom stereocenters. The number of cyclic esters (lactones) is 1. The van der Waals surface area contributed by atoms with Crippen LogP contribution in [0.2, 0.25) is 0 Å². The maximum Gasteiger partial charge on any atom is 0.329 e. The number of esters is 1. The number of aliphatic imine (C=N–C) groups is 1. The fraction of sp³-hybridized carbons (Fsp3) is 0.667. The summed E-state index contributed by atoms with van der Waals surface area (Å²) < 4.78 is 5.79. The van der Waals surface area contributed by atoms with E-state index in [1.807, 2.05) is 25.3 Å². The van der Waals surface area contributed by atoms with Crippen molar-refractivity contribution in [3.63, 3.8) is 0 Å². The zero-order chi connectivity index (χ0) is 30.5. The number of carbonyl (C=O) groups excluding carboxylic acids is 4. The Morgan fingerprint density at radius 1 is 1.21 bits per heavy atom. The number of amides is 2. The lowest BCUT2D eigenvalue weighted by Gasteiger charge is -2.27. The topological polar surface area (TPSA) is 127 Å². The summed E-state index contributed by atoms with van der Waals surface area (Å²) in [6.07, 6.45) is 10.5. The lowest BCUT2D eigenvalue weighted by molar-refractivity contribution is -0.153. The van der Waals surface area contributed by atoms with E-state index in [2.05, 4.69) is 27.5 Å². The van der Waals surface area contributed by atoms with Gasteiger partial charge in [0, 0.05) is 23.3 Å². The van der Waals surface area contributed by atoms with Crippen molar-refractivity contribution in [1.29, 1.82) is 0 Å². The number of unbranched alkanes of at least 4 members (excludes halogenated alkanes) is 5. The Labute approximate surface area is 261 Å². The van der Waals surface area contributed by atoms with Crippen molar-refractivity contribution in [3.8, 4) is 0 Å². The molecule has 0 saturated carbocycles. The number of hydrogen-bond donors (Lipinski definition) is 2. The third kappa shape index (κ3) is 10.8. The van der Waals surface area contributed by atoms with Crippen molar-refractivity contribution >= 4 is 62.8 Å². The molecule has 1 unspecified atom stereocenters. The second-order valence-electron chi connectivity index (χ2n) is 11.2. The van der Waals surface area contributed by atoms with E-state index < -0.39 is 23.7 Å². The van der Waals surface area contributed by atoms with Crippen molar-refractivity contribution in [1.82, 2.24) is 15.6 Å². The maximum absolute atomic E-state index is 13.3. The number of carbonyl (C=O) groups is 4. The lowest BCUT2D eigenvalue weighted by atomic mass is 10.0. The van der Waals surface area contributed by atoms with E-state index in [0.29, 0.717) is 29.3 Å². The molecule has 3 rings (SSSR count). The minimum atomic E-state index is -1.03. The molecule has 2 aliphatic heterocycles. The van der Waals surface area contributed by atoms with Crippen molar-refractivity contribution < 1.29 is 23.9 Å². The summed E-state index contributed by atoms with van der Waals surface area (Å²) in [6, 6.07) is -0.888. The Morgan fingerprint density at radius 2 is 2.00 bits per heavy atom. The minimum Gasteiger partial charge on any atom is -0.456 e. The number of thiazole rings is 1. The van der Waals surface area contributed by atoms with Crippen molar-refractivity contribution in [3.05, 3.63) is 28.2 Å². The van der Waals surface area contributed by atoms with Gasteiger partial charge < -0.3 is 15.4 Å². The lowest BCUT2D eigenvalue weighted by Crippen LogP contribution is -2.53. The summed E-state index contributed by atoms with van der Waals surface area (Å²) in [4.78, 5) is 60.7. The molecule has 9 nitrogen and oxygen atoms in total. The van der Waals surface area contributed by atoms with E-state index in [1.54, 1.807) is 13.0 Å². The standard InChI is InChI=1S/C30H44N4O5S3/c1-5-6-7-8-11-14-25(36)40-15-12-9-10-13-21-16-23(35)31-17-24-32-22(18-41-24)27-34-30(4,19-42-27)29(38)33-26(20(2)3)28(37)39-21/h10,13,18,20-21,26H,5-9,11-12,14-17,19H2,1-4H3,(H,31,35)(H,33,38)/t21?,26-,30-/m0/s1. The van der Waals surface area contributed by atoms with E-state index >= 15 is 0 Å². The largest absolute Gasteiger partial charge is 0.456 e. The van der Waals surface area contributed by atoms with Gasteiger partial charge >= 0.3 is 5.97 Å². The van der Waals surface area contributed by atoms with Gasteiger partial charge in [0.05, 0.1) is 13.0 Å². The Balaban J connectivity index is 1.62. The fourth-order valence-electron chi connectivity index (χ4n) is 4.41. The number of allylic oxidation sites excluding steroid dienone is 1. The van der Waals surface area contributed by atoms with Crippen molar-refractivity contribution in [2.24, 2.45) is 10.9 Å². The predicted molar refractivity (Wildman–Crippen MR) is 172 cm³/mol. The van der Waals surface area contributed by atoms with Gasteiger partial charge in [-0.2, -0.15) is 0 Å². The van der Waals surface area contributed by atoms with Crippen LogP contribution in [0.15, 0.2) is 22.5 Å². The molecule has 2 amide bonds. The summed E-state index contributed by atoms with van der Waals surface area (Å²) in [5.41, 5.74) is -0.346. The molecule has 12 heteroatoms. The number of hydrogen-bond acceptors (Lipinski definition) is 10. The molecular weight excluding hydrogens is 593 g/mol. The Kier molecular flexibility index (Phi) is 14.1. The first-order chi connectivity index (χ1) is 20.1. The summed E-state index contributed by atoms with van der Waals surface area (Å²) in [5, 5.41) is 9.24. The van der Waals surface area contributed by atoms with Crippen LogP contribution in [0.3, 0.4) is 0 Å². The quantitative estimate of drug-likeness (QED) is 0.177. The third-order valence-electron chi connectivity index (χ3n) is 7.01. The molecule has 0 aliphatic carbocycles. The van der Waals surface area contributed by atoms with Gasteiger partial charge in [-0.25, -0.2) is 9.78 Å². The van der Waals surface area contributed by atoms with Gasteiger partial charge in [0.2, 0.25) is 11.8 Å². The SMILES string of the molecule is CCCCCCCC(=O)SCCCC=CC1CC(=O)NCc2nc(cs2)C2=N[C@@](C)(CS2)C(=O)N[C@@H](C(C)C)C(=O)O1. The van der Waals surface area contributed by atoms with Gasteiger partial charge in [0.25, 0.3) is 0 Å². The Bertz CT molecular complexity index is 1150. The highest BCUT2D eigenvalue weighted by Crippen LogP contribution is 2.32. The van der Waals surface area contributed by atoms with E-state index in [1.165, 1.54) is 54.1 Å². The highest BCUT2D eigenvalue weighted by atomic mass is 32.2. The van der Waals surface area contributed by atoms with Crippen LogP contribution < -0.4 is 10.6 Å². The zero-order valence-electron chi connectivity index (χ0n) is 25.1. The number of rotatable bonds is 12. The summed E-state index contributed by atoms with van der Waals surface area (Å²) in [7, 11) is 0. The third-order valence-corrected chi connectivity index (χ3v) is 10.2. The van der Waals surface area contributed by atoms with Crippen LogP contribution in [-0.2, 0) is 30.5 Å². The molecule has 0 radical (unpaired) electrons. The van der Waals surface area contributed by atoms with Gasteiger partial charge in [0.15, 0.2) is 5.12 Å². The summed E-state index contributed by atoms with van der Waals surface area (Å²) in [5.74, 6) is -0.281. The molecule has 1 aromatic rings. The molecule has 0 saturated heterocycles. The number of fused-ring (bicyclic) bond motifs is 4. The first-order valence-electron chi connectivity index (χ1n) is 14.9. The van der Waals surface area contributed by atoms with Crippen LogP contribution in [-0.4, -0.2) is 62.1 Å².